The normalized spacial score (nSPS) is 11.4. The molecule has 0 atom stereocenters. The maximum atomic E-state index is 4.75. The molecule has 0 radical (unpaired) electrons. The third kappa shape index (κ3) is 6.20. The van der Waals surface area contributed by atoms with Crippen molar-refractivity contribution in [3.05, 3.63) is 77.0 Å². The van der Waals surface area contributed by atoms with Gasteiger partial charge in [-0.05, 0) is 36.5 Å². The predicted molar refractivity (Wildman–Crippen MR) is 122 cm³/mol. The monoisotopic (exact) mass is 363 g/mol. The number of para-hydroxylation sites is 1. The molecule has 0 bridgehead atoms. The van der Waals surface area contributed by atoms with Crippen LogP contribution in [0.25, 0.3) is 10.9 Å². The highest BCUT2D eigenvalue weighted by Crippen LogP contribution is 2.24. The first-order valence-corrected chi connectivity index (χ1v) is 9.42. The van der Waals surface area contributed by atoms with Gasteiger partial charge in [-0.2, -0.15) is 0 Å². The largest absolute Gasteiger partial charge is 0.252 e. The summed E-state index contributed by atoms with van der Waals surface area (Å²) in [7, 11) is 0. The molecule has 0 aliphatic heterocycles. The molecular formula is C26H37N. The Balaban J connectivity index is 0.000000273. The van der Waals surface area contributed by atoms with E-state index in [2.05, 4.69) is 110 Å². The second-order valence-electron chi connectivity index (χ2n) is 9.21. The molecule has 146 valence electrons. The molecule has 3 aromatic rings. The average Bonchev–Trinajstić information content (AvgIpc) is 2.54. The minimum atomic E-state index is 0. The van der Waals surface area contributed by atoms with Crippen LogP contribution in [0.1, 0.15) is 71.4 Å². The smallest absolute Gasteiger partial charge is 0.0734 e. The maximum absolute atomic E-state index is 4.75. The summed E-state index contributed by atoms with van der Waals surface area (Å²) in [6.45, 7) is 17.5. The second kappa shape index (κ2) is 8.69. The number of fused-ring (bicyclic) bond motifs is 1. The lowest BCUT2D eigenvalue weighted by molar-refractivity contribution is 0.571. The number of hydrogen-bond donors (Lipinski definition) is 0. The lowest BCUT2D eigenvalue weighted by Gasteiger charge is -2.18. The molecule has 2 aromatic carbocycles. The highest BCUT2D eigenvalue weighted by atomic mass is 14.7. The van der Waals surface area contributed by atoms with Gasteiger partial charge in [-0.1, -0.05) is 103 Å². The van der Waals surface area contributed by atoms with E-state index >= 15 is 0 Å². The molecule has 0 N–H and O–H groups in total. The third-order valence-electron chi connectivity index (χ3n) is 4.61. The standard InChI is InChI=1S/C14H17N.C11H16.CH4/c1-10-6-5-7-11-8-9-12(14(2,3)4)15-13(10)11;1-9-5-7-10(8-6-9)11(2,3)4;/h5-9H,1-4H3;5-8H,1-4H3;1H4. The fourth-order valence-corrected chi connectivity index (χ4v) is 2.77. The zero-order valence-corrected chi connectivity index (χ0v) is 17.6. The lowest BCUT2D eigenvalue weighted by Crippen LogP contribution is -2.13. The van der Waals surface area contributed by atoms with Gasteiger partial charge in [0, 0.05) is 16.5 Å². The molecule has 0 amide bonds. The molecule has 1 heterocycles. The highest BCUT2D eigenvalue weighted by molar-refractivity contribution is 5.81. The Morgan fingerprint density at radius 2 is 1.26 bits per heavy atom. The summed E-state index contributed by atoms with van der Waals surface area (Å²) in [5.41, 5.74) is 6.68. The Bertz CT molecular complexity index is 859. The fraction of sp³-hybridized carbons (Fsp3) is 0.423. The van der Waals surface area contributed by atoms with Gasteiger partial charge in [-0.3, -0.25) is 4.98 Å². The Labute approximate surface area is 166 Å². The van der Waals surface area contributed by atoms with E-state index < -0.39 is 0 Å². The van der Waals surface area contributed by atoms with Crippen LogP contribution >= 0.6 is 0 Å². The van der Waals surface area contributed by atoms with Crippen molar-refractivity contribution in [2.75, 3.05) is 0 Å². The van der Waals surface area contributed by atoms with E-state index in [4.69, 9.17) is 4.98 Å². The summed E-state index contributed by atoms with van der Waals surface area (Å²) < 4.78 is 0. The summed E-state index contributed by atoms with van der Waals surface area (Å²) >= 11 is 0. The minimum absolute atomic E-state index is 0. The number of hydrogen-bond acceptors (Lipinski definition) is 1. The van der Waals surface area contributed by atoms with Gasteiger partial charge in [0.15, 0.2) is 0 Å². The van der Waals surface area contributed by atoms with Crippen LogP contribution in [-0.4, -0.2) is 4.98 Å². The van der Waals surface area contributed by atoms with E-state index in [1.54, 1.807) is 0 Å². The van der Waals surface area contributed by atoms with E-state index in [1.807, 2.05) is 0 Å². The van der Waals surface area contributed by atoms with Gasteiger partial charge in [0.1, 0.15) is 0 Å². The molecule has 1 aromatic heterocycles. The average molecular weight is 364 g/mol. The SMILES string of the molecule is C.Cc1ccc(C(C)(C)C)cc1.Cc1cccc2ccc(C(C)(C)C)nc12. The molecule has 1 heteroatoms. The lowest BCUT2D eigenvalue weighted by atomic mass is 9.87. The Morgan fingerprint density at radius 3 is 1.78 bits per heavy atom. The number of benzene rings is 2. The molecule has 0 fully saturated rings. The van der Waals surface area contributed by atoms with Crippen LogP contribution < -0.4 is 0 Å². The summed E-state index contributed by atoms with van der Waals surface area (Å²) in [6, 6.07) is 19.3. The van der Waals surface area contributed by atoms with Crippen LogP contribution in [0.4, 0.5) is 0 Å². The van der Waals surface area contributed by atoms with Gasteiger partial charge >= 0.3 is 0 Å². The zero-order chi connectivity index (χ0) is 19.5. The fourth-order valence-electron chi connectivity index (χ4n) is 2.77. The van der Waals surface area contributed by atoms with Crippen molar-refractivity contribution < 1.29 is 0 Å². The second-order valence-corrected chi connectivity index (χ2v) is 9.21. The van der Waals surface area contributed by atoms with Crippen LogP contribution in [0.3, 0.4) is 0 Å². The van der Waals surface area contributed by atoms with E-state index in [1.165, 1.54) is 22.1 Å². The van der Waals surface area contributed by atoms with E-state index in [0.717, 1.165) is 11.2 Å². The summed E-state index contributed by atoms with van der Waals surface area (Å²) in [6.07, 6.45) is 0. The van der Waals surface area contributed by atoms with Gasteiger partial charge in [0.05, 0.1) is 5.52 Å². The van der Waals surface area contributed by atoms with E-state index in [-0.39, 0.29) is 18.3 Å². The third-order valence-corrected chi connectivity index (χ3v) is 4.61. The topological polar surface area (TPSA) is 12.9 Å². The first-order valence-electron chi connectivity index (χ1n) is 9.42. The molecule has 0 aliphatic carbocycles. The summed E-state index contributed by atoms with van der Waals surface area (Å²) in [5, 5.41) is 1.23. The molecule has 0 saturated heterocycles. The minimum Gasteiger partial charge on any atom is -0.252 e. The summed E-state index contributed by atoms with van der Waals surface area (Å²) in [4.78, 5) is 4.75. The summed E-state index contributed by atoms with van der Waals surface area (Å²) in [5.74, 6) is 0. The van der Waals surface area contributed by atoms with E-state index in [0.29, 0.717) is 0 Å². The van der Waals surface area contributed by atoms with Crippen LogP contribution in [0, 0.1) is 13.8 Å². The van der Waals surface area contributed by atoms with Crippen molar-refractivity contribution in [1.29, 1.82) is 0 Å². The zero-order valence-electron chi connectivity index (χ0n) is 17.6. The molecule has 0 saturated carbocycles. The Morgan fingerprint density at radius 1 is 0.667 bits per heavy atom. The van der Waals surface area contributed by atoms with Crippen LogP contribution in [0.15, 0.2) is 54.6 Å². The maximum Gasteiger partial charge on any atom is 0.0734 e. The van der Waals surface area contributed by atoms with Crippen LogP contribution in [0.2, 0.25) is 0 Å². The molecule has 1 nitrogen and oxygen atoms in total. The first-order chi connectivity index (χ1) is 12.0. The molecule has 27 heavy (non-hydrogen) atoms. The molecule has 0 aliphatic rings. The predicted octanol–water partition coefficient (Wildman–Crippen LogP) is 7.77. The quantitative estimate of drug-likeness (QED) is 0.397. The Hall–Kier alpha value is -2.15. The number of rotatable bonds is 0. The van der Waals surface area contributed by atoms with Crippen molar-refractivity contribution in [3.8, 4) is 0 Å². The van der Waals surface area contributed by atoms with Crippen molar-refractivity contribution >= 4 is 10.9 Å². The van der Waals surface area contributed by atoms with Crippen molar-refractivity contribution in [3.63, 3.8) is 0 Å². The molecule has 0 unspecified atom stereocenters. The van der Waals surface area contributed by atoms with Crippen molar-refractivity contribution in [1.82, 2.24) is 4.98 Å². The highest BCUT2D eigenvalue weighted by Gasteiger charge is 2.15. The van der Waals surface area contributed by atoms with Gasteiger partial charge in [-0.15, -0.1) is 0 Å². The Kier molecular flexibility index (Phi) is 7.37. The van der Waals surface area contributed by atoms with Crippen LogP contribution in [-0.2, 0) is 10.8 Å². The molecule has 3 rings (SSSR count). The van der Waals surface area contributed by atoms with E-state index in [9.17, 15) is 0 Å². The van der Waals surface area contributed by atoms with Crippen molar-refractivity contribution in [2.24, 2.45) is 0 Å². The van der Waals surface area contributed by atoms with Gasteiger partial charge in [0.25, 0.3) is 0 Å². The number of pyridine rings is 1. The van der Waals surface area contributed by atoms with Gasteiger partial charge < -0.3 is 0 Å². The van der Waals surface area contributed by atoms with Crippen molar-refractivity contribution in [2.45, 2.75) is 73.6 Å². The van der Waals surface area contributed by atoms with Crippen LogP contribution in [0.5, 0.6) is 0 Å². The molecule has 0 spiro atoms. The number of aromatic nitrogens is 1. The molecular weight excluding hydrogens is 326 g/mol. The first kappa shape index (κ1) is 22.9. The number of nitrogens with zero attached hydrogens (tertiary/aromatic N) is 1. The van der Waals surface area contributed by atoms with Gasteiger partial charge in [-0.25, -0.2) is 0 Å². The number of aryl methyl sites for hydroxylation is 2. The van der Waals surface area contributed by atoms with Gasteiger partial charge in [0.2, 0.25) is 0 Å².